The first-order chi connectivity index (χ1) is 10.9. The molecule has 1 aliphatic rings. The quantitative estimate of drug-likeness (QED) is 0.667. The number of hydrogen-bond acceptors (Lipinski definition) is 2. The summed E-state index contributed by atoms with van der Waals surface area (Å²) in [6.07, 6.45) is 0. The summed E-state index contributed by atoms with van der Waals surface area (Å²) in [5.41, 5.74) is 2.99. The third kappa shape index (κ3) is 2.93. The first-order valence-corrected chi connectivity index (χ1v) is 8.08. The molecule has 2 N–H and O–H groups in total. The SMILES string of the molecule is CC(C)c1cc2[nH]c(CNC(=O)C3CN(C)C3=O)cc2cc1Cl. The fraction of sp³-hybridized carbons (Fsp3) is 0.412. The van der Waals surface area contributed by atoms with Gasteiger partial charge in [-0.25, -0.2) is 0 Å². The highest BCUT2D eigenvalue weighted by Crippen LogP contribution is 2.29. The van der Waals surface area contributed by atoms with Crippen molar-refractivity contribution in [2.24, 2.45) is 5.92 Å². The number of nitrogens with one attached hydrogen (secondary N) is 2. The van der Waals surface area contributed by atoms with Crippen LogP contribution in [0.3, 0.4) is 0 Å². The number of carbonyl (C=O) groups is 2. The van der Waals surface area contributed by atoms with Gasteiger partial charge in [0.25, 0.3) is 0 Å². The highest BCUT2D eigenvalue weighted by Gasteiger charge is 2.39. The Bertz CT molecular complexity index is 781. The molecule has 1 atom stereocenters. The number of nitrogens with zero attached hydrogens (tertiary/aromatic N) is 1. The average molecular weight is 334 g/mol. The molecule has 1 aromatic carbocycles. The zero-order valence-corrected chi connectivity index (χ0v) is 14.2. The van der Waals surface area contributed by atoms with E-state index in [9.17, 15) is 9.59 Å². The van der Waals surface area contributed by atoms with Crippen LogP contribution in [-0.2, 0) is 16.1 Å². The second kappa shape index (κ2) is 5.89. The molecule has 0 aliphatic carbocycles. The Morgan fingerprint density at radius 1 is 1.43 bits per heavy atom. The number of carbonyl (C=O) groups excluding carboxylic acids is 2. The van der Waals surface area contributed by atoms with Gasteiger partial charge in [-0.3, -0.25) is 9.59 Å². The minimum absolute atomic E-state index is 0.118. The Balaban J connectivity index is 1.71. The number of rotatable bonds is 4. The zero-order chi connectivity index (χ0) is 16.7. The van der Waals surface area contributed by atoms with Crippen LogP contribution in [0, 0.1) is 5.92 Å². The molecule has 2 heterocycles. The smallest absolute Gasteiger partial charge is 0.236 e. The molecule has 122 valence electrons. The van der Waals surface area contributed by atoms with Crippen LogP contribution in [0.4, 0.5) is 0 Å². The van der Waals surface area contributed by atoms with E-state index >= 15 is 0 Å². The van der Waals surface area contributed by atoms with E-state index in [0.717, 1.165) is 27.2 Å². The molecule has 0 bridgehead atoms. The fourth-order valence-corrected chi connectivity index (χ4v) is 3.25. The lowest BCUT2D eigenvalue weighted by molar-refractivity contribution is -0.152. The molecular formula is C17H20ClN3O2. The predicted octanol–water partition coefficient (Wildman–Crippen LogP) is 2.65. The van der Waals surface area contributed by atoms with E-state index < -0.39 is 5.92 Å². The molecule has 1 fully saturated rings. The lowest BCUT2D eigenvalue weighted by Crippen LogP contribution is -2.56. The molecule has 1 unspecified atom stereocenters. The summed E-state index contributed by atoms with van der Waals surface area (Å²) >= 11 is 6.31. The molecule has 2 aromatic rings. The van der Waals surface area contributed by atoms with Gasteiger partial charge in [-0.1, -0.05) is 25.4 Å². The molecule has 1 aromatic heterocycles. The van der Waals surface area contributed by atoms with Gasteiger partial charge in [-0.05, 0) is 29.7 Å². The van der Waals surface area contributed by atoms with Crippen molar-refractivity contribution in [3.8, 4) is 0 Å². The van der Waals surface area contributed by atoms with Crippen LogP contribution in [0.25, 0.3) is 10.9 Å². The number of β-lactam (4-membered cyclic amide) rings is 1. The maximum Gasteiger partial charge on any atom is 0.236 e. The molecule has 23 heavy (non-hydrogen) atoms. The maximum atomic E-state index is 12.0. The number of aromatic amines is 1. The van der Waals surface area contributed by atoms with Gasteiger partial charge in [0.2, 0.25) is 11.8 Å². The lowest BCUT2D eigenvalue weighted by atomic mass is 9.99. The van der Waals surface area contributed by atoms with Gasteiger partial charge in [0, 0.05) is 35.2 Å². The summed E-state index contributed by atoms with van der Waals surface area (Å²) in [6, 6.07) is 5.97. The van der Waals surface area contributed by atoms with Gasteiger partial charge in [0.1, 0.15) is 5.92 Å². The number of amides is 2. The fourth-order valence-electron chi connectivity index (χ4n) is 2.86. The van der Waals surface area contributed by atoms with Crippen molar-refractivity contribution in [3.05, 3.63) is 34.5 Å². The van der Waals surface area contributed by atoms with Gasteiger partial charge >= 0.3 is 0 Å². The van der Waals surface area contributed by atoms with Crippen LogP contribution < -0.4 is 5.32 Å². The summed E-state index contributed by atoms with van der Waals surface area (Å²) in [5, 5.41) is 4.59. The lowest BCUT2D eigenvalue weighted by Gasteiger charge is -2.34. The van der Waals surface area contributed by atoms with Crippen molar-refractivity contribution < 1.29 is 9.59 Å². The molecular weight excluding hydrogens is 314 g/mol. The molecule has 1 saturated heterocycles. The van der Waals surface area contributed by atoms with Crippen molar-refractivity contribution in [1.82, 2.24) is 15.2 Å². The monoisotopic (exact) mass is 333 g/mol. The van der Waals surface area contributed by atoms with E-state index in [2.05, 4.69) is 30.2 Å². The first kappa shape index (κ1) is 15.9. The van der Waals surface area contributed by atoms with E-state index in [-0.39, 0.29) is 11.8 Å². The number of likely N-dealkylation sites (tertiary alicyclic amines) is 1. The molecule has 2 amide bonds. The van der Waals surface area contributed by atoms with Crippen LogP contribution in [-0.4, -0.2) is 35.3 Å². The maximum absolute atomic E-state index is 12.0. The number of H-pyrrole nitrogens is 1. The average Bonchev–Trinajstić information content (AvgIpc) is 2.90. The van der Waals surface area contributed by atoms with Crippen LogP contribution >= 0.6 is 11.6 Å². The first-order valence-electron chi connectivity index (χ1n) is 7.70. The molecule has 3 rings (SSSR count). The Kier molecular flexibility index (Phi) is 4.06. The molecule has 0 saturated carbocycles. The Morgan fingerprint density at radius 3 is 2.78 bits per heavy atom. The van der Waals surface area contributed by atoms with Gasteiger partial charge in [0.15, 0.2) is 0 Å². The Labute approximate surface area is 140 Å². The Hall–Kier alpha value is -2.01. The molecule has 0 radical (unpaired) electrons. The van der Waals surface area contributed by atoms with Gasteiger partial charge in [-0.2, -0.15) is 0 Å². The van der Waals surface area contributed by atoms with E-state index in [1.807, 2.05) is 12.1 Å². The minimum atomic E-state index is -0.536. The van der Waals surface area contributed by atoms with E-state index in [1.165, 1.54) is 0 Å². The zero-order valence-electron chi connectivity index (χ0n) is 13.4. The topological polar surface area (TPSA) is 65.2 Å². The second-order valence-electron chi connectivity index (χ2n) is 6.40. The third-order valence-electron chi connectivity index (χ3n) is 4.32. The predicted molar refractivity (Wildman–Crippen MR) is 90.4 cm³/mol. The molecule has 1 aliphatic heterocycles. The minimum Gasteiger partial charge on any atom is -0.357 e. The summed E-state index contributed by atoms with van der Waals surface area (Å²) in [7, 11) is 1.69. The van der Waals surface area contributed by atoms with Gasteiger partial charge in [-0.15, -0.1) is 0 Å². The standard InChI is InChI=1S/C17H20ClN3O2/c1-9(2)12-6-15-10(5-14(12)18)4-11(20-15)7-19-16(22)13-8-21(3)17(13)23/h4-6,9,13,20H,7-8H2,1-3H3,(H,19,22). The third-order valence-corrected chi connectivity index (χ3v) is 4.64. The van der Waals surface area contributed by atoms with Gasteiger partial charge < -0.3 is 15.2 Å². The summed E-state index contributed by atoms with van der Waals surface area (Å²) in [5.74, 6) is -0.522. The number of benzene rings is 1. The molecule has 0 spiro atoms. The van der Waals surface area contributed by atoms with Crippen LogP contribution in [0.15, 0.2) is 18.2 Å². The van der Waals surface area contributed by atoms with Crippen LogP contribution in [0.5, 0.6) is 0 Å². The van der Waals surface area contributed by atoms with E-state index in [4.69, 9.17) is 11.6 Å². The normalized spacial score (nSPS) is 17.7. The van der Waals surface area contributed by atoms with E-state index in [0.29, 0.717) is 19.0 Å². The van der Waals surface area contributed by atoms with Crippen LogP contribution in [0.2, 0.25) is 5.02 Å². The number of halogens is 1. The molecule has 5 nitrogen and oxygen atoms in total. The summed E-state index contributed by atoms with van der Waals surface area (Å²) in [4.78, 5) is 28.4. The number of hydrogen-bond donors (Lipinski definition) is 2. The highest BCUT2D eigenvalue weighted by molar-refractivity contribution is 6.32. The van der Waals surface area contributed by atoms with Gasteiger partial charge in [0.05, 0.1) is 6.54 Å². The Morgan fingerprint density at radius 2 is 2.17 bits per heavy atom. The van der Waals surface area contributed by atoms with Crippen molar-refractivity contribution in [2.75, 3.05) is 13.6 Å². The van der Waals surface area contributed by atoms with E-state index in [1.54, 1.807) is 11.9 Å². The number of aromatic nitrogens is 1. The second-order valence-corrected chi connectivity index (χ2v) is 6.81. The summed E-state index contributed by atoms with van der Waals surface area (Å²) < 4.78 is 0. The highest BCUT2D eigenvalue weighted by atomic mass is 35.5. The van der Waals surface area contributed by atoms with Crippen molar-refractivity contribution >= 4 is 34.3 Å². The number of fused-ring (bicyclic) bond motifs is 1. The molecule has 6 heteroatoms. The largest absolute Gasteiger partial charge is 0.357 e. The van der Waals surface area contributed by atoms with Crippen molar-refractivity contribution in [1.29, 1.82) is 0 Å². The summed E-state index contributed by atoms with van der Waals surface area (Å²) in [6.45, 7) is 5.06. The van der Waals surface area contributed by atoms with Crippen LogP contribution in [0.1, 0.15) is 31.0 Å². The van der Waals surface area contributed by atoms with Crippen molar-refractivity contribution in [2.45, 2.75) is 26.3 Å². The van der Waals surface area contributed by atoms with Crippen molar-refractivity contribution in [3.63, 3.8) is 0 Å².